The lowest BCUT2D eigenvalue weighted by Crippen LogP contribution is -2.24. The number of benzene rings is 2. The van der Waals surface area contributed by atoms with Gasteiger partial charge in [-0.25, -0.2) is 13.2 Å². The number of halogens is 3. The molecule has 2 aromatic carbocycles. The first-order valence-corrected chi connectivity index (χ1v) is 15.4. The molecule has 0 fully saturated rings. The average Bonchev–Trinajstić information content (AvgIpc) is 2.98. The fraction of sp³-hybridized carbons (Fsp3) is 0.459. The van der Waals surface area contributed by atoms with Gasteiger partial charge in [0, 0.05) is 5.56 Å². The van der Waals surface area contributed by atoms with Gasteiger partial charge in [0.2, 0.25) is 0 Å². The smallest absolute Gasteiger partial charge is 0.161 e. The molecule has 3 unspecified atom stereocenters. The molecule has 0 N–H and O–H groups in total. The highest BCUT2D eigenvalue weighted by molar-refractivity contribution is 5.76. The van der Waals surface area contributed by atoms with Crippen molar-refractivity contribution < 1.29 is 13.2 Å². The van der Waals surface area contributed by atoms with Gasteiger partial charge in [0.25, 0.3) is 0 Å². The summed E-state index contributed by atoms with van der Waals surface area (Å²) in [6.45, 7) is 4.25. The predicted octanol–water partition coefficient (Wildman–Crippen LogP) is 11.8. The van der Waals surface area contributed by atoms with Crippen LogP contribution < -0.4 is 0 Å². The molecule has 0 heterocycles. The highest BCUT2D eigenvalue weighted by Gasteiger charge is 2.31. The van der Waals surface area contributed by atoms with Gasteiger partial charge in [-0.3, -0.25) is 0 Å². The van der Waals surface area contributed by atoms with Gasteiger partial charge >= 0.3 is 0 Å². The molecule has 3 atom stereocenters. The van der Waals surface area contributed by atoms with Crippen LogP contribution >= 0.6 is 0 Å². The predicted molar refractivity (Wildman–Crippen MR) is 165 cm³/mol. The summed E-state index contributed by atoms with van der Waals surface area (Å²) in [6, 6.07) is 12.6. The SMILES string of the molecule is C/C=C/CCC1CC=C(c2ccc(-c3ccc(C4=CC=C(CCCCCCCC)C(F)C4F)cc3)c(F)c2)CC1. The van der Waals surface area contributed by atoms with Crippen molar-refractivity contribution in [1.82, 2.24) is 0 Å². The molecule has 3 heteroatoms. The molecule has 2 aliphatic rings. The molecule has 0 amide bonds. The number of hydrogen-bond donors (Lipinski definition) is 0. The first-order valence-electron chi connectivity index (χ1n) is 15.4. The van der Waals surface area contributed by atoms with E-state index in [9.17, 15) is 4.39 Å². The van der Waals surface area contributed by atoms with Crippen molar-refractivity contribution >= 4 is 11.1 Å². The van der Waals surface area contributed by atoms with Crippen molar-refractivity contribution in [1.29, 1.82) is 0 Å². The zero-order chi connectivity index (χ0) is 28.3. The van der Waals surface area contributed by atoms with Crippen LogP contribution in [0.5, 0.6) is 0 Å². The minimum atomic E-state index is -1.67. The van der Waals surface area contributed by atoms with Crippen molar-refractivity contribution in [2.75, 3.05) is 0 Å². The lowest BCUT2D eigenvalue weighted by atomic mass is 9.84. The Labute approximate surface area is 239 Å². The van der Waals surface area contributed by atoms with Crippen molar-refractivity contribution in [3.8, 4) is 11.1 Å². The number of unbranched alkanes of at least 4 members (excludes halogenated alkanes) is 5. The van der Waals surface area contributed by atoms with E-state index >= 15 is 8.78 Å². The van der Waals surface area contributed by atoms with Crippen LogP contribution in [0.1, 0.15) is 102 Å². The highest BCUT2D eigenvalue weighted by Crippen LogP contribution is 2.37. The fourth-order valence-electron chi connectivity index (χ4n) is 6.02. The molecule has 2 aromatic rings. The molecule has 0 nitrogen and oxygen atoms in total. The van der Waals surface area contributed by atoms with Gasteiger partial charge in [-0.05, 0) is 97.3 Å². The lowest BCUT2D eigenvalue weighted by molar-refractivity contribution is 0.237. The second kappa shape index (κ2) is 15.3. The minimum Gasteiger partial charge on any atom is -0.239 e. The van der Waals surface area contributed by atoms with E-state index in [1.165, 1.54) is 31.3 Å². The zero-order valence-electron chi connectivity index (χ0n) is 24.3. The maximum absolute atomic E-state index is 15.2. The van der Waals surface area contributed by atoms with Crippen LogP contribution in [0, 0.1) is 11.7 Å². The Morgan fingerprint density at radius 3 is 2.27 bits per heavy atom. The van der Waals surface area contributed by atoms with E-state index in [0.717, 1.165) is 56.1 Å². The maximum Gasteiger partial charge on any atom is 0.161 e. The maximum atomic E-state index is 15.2. The van der Waals surface area contributed by atoms with Crippen LogP contribution in [0.25, 0.3) is 22.3 Å². The standard InChI is InChI=1S/C37H45F3/c1-3-5-7-8-9-11-13-31-22-25-34(37(40)36(31)39)30-20-18-29(19-21-30)33-24-23-32(26-35(33)38)28-16-14-27(15-17-28)12-10-6-4-2/h4,6,16,18-27,36-37H,3,5,7-15,17H2,1-2H3/b6-4+. The summed E-state index contributed by atoms with van der Waals surface area (Å²) >= 11 is 0. The van der Waals surface area contributed by atoms with E-state index < -0.39 is 12.3 Å². The van der Waals surface area contributed by atoms with E-state index in [0.29, 0.717) is 34.6 Å². The van der Waals surface area contributed by atoms with Crippen molar-refractivity contribution in [3.05, 3.63) is 95.4 Å². The highest BCUT2D eigenvalue weighted by atomic mass is 19.2. The summed E-state index contributed by atoms with van der Waals surface area (Å²) < 4.78 is 45.3. The Morgan fingerprint density at radius 2 is 1.57 bits per heavy atom. The van der Waals surface area contributed by atoms with E-state index in [1.54, 1.807) is 42.5 Å². The van der Waals surface area contributed by atoms with Gasteiger partial charge in [0.05, 0.1) is 0 Å². The molecule has 0 saturated carbocycles. The van der Waals surface area contributed by atoms with Crippen molar-refractivity contribution in [2.24, 2.45) is 5.92 Å². The Balaban J connectivity index is 1.38. The third-order valence-electron chi connectivity index (χ3n) is 8.57. The lowest BCUT2D eigenvalue weighted by Gasteiger charge is -2.24. The van der Waals surface area contributed by atoms with Crippen LogP contribution in [0.2, 0.25) is 0 Å². The van der Waals surface area contributed by atoms with Crippen LogP contribution in [-0.4, -0.2) is 12.3 Å². The third kappa shape index (κ3) is 7.89. The summed E-state index contributed by atoms with van der Waals surface area (Å²) in [4.78, 5) is 0. The first-order chi connectivity index (χ1) is 19.5. The second-order valence-corrected chi connectivity index (χ2v) is 11.5. The Kier molecular flexibility index (Phi) is 11.5. The van der Waals surface area contributed by atoms with Crippen LogP contribution in [0.4, 0.5) is 13.2 Å². The molecular weight excluding hydrogens is 501 g/mol. The fourth-order valence-corrected chi connectivity index (χ4v) is 6.02. The minimum absolute atomic E-state index is 0.257. The van der Waals surface area contributed by atoms with Crippen LogP contribution in [0.3, 0.4) is 0 Å². The molecule has 4 rings (SSSR count). The molecule has 0 radical (unpaired) electrons. The molecular formula is C37H45F3. The monoisotopic (exact) mass is 546 g/mol. The average molecular weight is 547 g/mol. The van der Waals surface area contributed by atoms with E-state index in [4.69, 9.17) is 0 Å². The normalized spacial score (nSPS) is 21.3. The molecule has 0 saturated heterocycles. The van der Waals surface area contributed by atoms with Crippen molar-refractivity contribution in [2.45, 2.75) is 103 Å². The van der Waals surface area contributed by atoms with Gasteiger partial charge < -0.3 is 0 Å². The molecule has 214 valence electrons. The van der Waals surface area contributed by atoms with E-state index in [2.05, 4.69) is 32.1 Å². The number of allylic oxidation sites excluding steroid dienone is 8. The molecule has 0 aliphatic heterocycles. The second-order valence-electron chi connectivity index (χ2n) is 11.5. The number of alkyl halides is 2. The molecule has 40 heavy (non-hydrogen) atoms. The largest absolute Gasteiger partial charge is 0.239 e. The Morgan fingerprint density at radius 1 is 0.850 bits per heavy atom. The quantitative estimate of drug-likeness (QED) is 0.173. The van der Waals surface area contributed by atoms with Gasteiger partial charge in [-0.15, -0.1) is 0 Å². The summed E-state index contributed by atoms with van der Waals surface area (Å²) in [5.41, 5.74) is 4.99. The summed E-state index contributed by atoms with van der Waals surface area (Å²) in [5.74, 6) is 0.452. The van der Waals surface area contributed by atoms with Gasteiger partial charge in [-0.2, -0.15) is 0 Å². The van der Waals surface area contributed by atoms with Gasteiger partial charge in [0.1, 0.15) is 5.82 Å². The van der Waals surface area contributed by atoms with E-state index in [1.807, 2.05) is 12.1 Å². The molecule has 0 aromatic heterocycles. The van der Waals surface area contributed by atoms with Crippen LogP contribution in [0.15, 0.2) is 78.4 Å². The summed E-state index contributed by atoms with van der Waals surface area (Å²) in [7, 11) is 0. The number of hydrogen-bond acceptors (Lipinski definition) is 0. The van der Waals surface area contributed by atoms with Crippen LogP contribution in [-0.2, 0) is 0 Å². The zero-order valence-corrected chi connectivity index (χ0v) is 24.3. The Hall–Kier alpha value is -2.81. The Bertz CT molecular complexity index is 1210. The molecule has 0 bridgehead atoms. The molecule has 2 aliphatic carbocycles. The van der Waals surface area contributed by atoms with Gasteiger partial charge in [0.15, 0.2) is 12.3 Å². The summed E-state index contributed by atoms with van der Waals surface area (Å²) in [6.07, 6.45) is 19.7. The topological polar surface area (TPSA) is 0 Å². The molecule has 0 spiro atoms. The summed E-state index contributed by atoms with van der Waals surface area (Å²) in [5, 5.41) is 0. The third-order valence-corrected chi connectivity index (χ3v) is 8.57. The first kappa shape index (κ1) is 30.2. The van der Waals surface area contributed by atoms with Crippen molar-refractivity contribution in [3.63, 3.8) is 0 Å². The van der Waals surface area contributed by atoms with E-state index in [-0.39, 0.29) is 5.82 Å². The number of rotatable bonds is 13. The van der Waals surface area contributed by atoms with Gasteiger partial charge in [-0.1, -0.05) is 106 Å².